The second-order valence-electron chi connectivity index (χ2n) is 10.2. The molecule has 0 atom stereocenters. The number of imidazole rings is 1. The number of sulfonamides is 1. The molecule has 3 aromatic rings. The Kier molecular flexibility index (Phi) is 5.89. The van der Waals surface area contributed by atoms with Gasteiger partial charge >= 0.3 is 0 Å². The molecule has 3 aliphatic rings. The summed E-state index contributed by atoms with van der Waals surface area (Å²) in [4.78, 5) is 23.8. The number of aromatic nitrogens is 2. The number of rotatable bonds is 4. The molecule has 1 N–H and O–H groups in total. The first-order valence-corrected chi connectivity index (χ1v) is 14.3. The predicted molar refractivity (Wildman–Crippen MR) is 135 cm³/mol. The lowest BCUT2D eigenvalue weighted by molar-refractivity contribution is -0.137. The number of aromatic amines is 1. The summed E-state index contributed by atoms with van der Waals surface area (Å²) in [7, 11) is -3.51. The standard InChI is InChI=1S/C27H32N4O3S/c32-27(30-14-10-20(11-15-30)26-28-24-6-1-2-7-25(24)29-26)21-12-16-31(17-13-21)35(33,34)23-9-8-19-4-3-5-22(19)18-23/h1-2,6-9,18,20-21H,3-5,10-17H2,(H,28,29). The van der Waals surface area contributed by atoms with Gasteiger partial charge in [-0.1, -0.05) is 18.2 Å². The molecule has 7 nitrogen and oxygen atoms in total. The van der Waals surface area contributed by atoms with Crippen molar-refractivity contribution in [2.75, 3.05) is 26.2 Å². The first-order chi connectivity index (χ1) is 17.0. The molecule has 1 aromatic heterocycles. The molecule has 2 aliphatic heterocycles. The smallest absolute Gasteiger partial charge is 0.243 e. The summed E-state index contributed by atoms with van der Waals surface area (Å²) in [6.07, 6.45) is 6.08. The number of H-pyrrole nitrogens is 1. The number of likely N-dealkylation sites (tertiary alicyclic amines) is 1. The van der Waals surface area contributed by atoms with Gasteiger partial charge in [0.25, 0.3) is 0 Å². The minimum Gasteiger partial charge on any atom is -0.342 e. The Hall–Kier alpha value is -2.71. The highest BCUT2D eigenvalue weighted by molar-refractivity contribution is 7.89. The molecule has 0 spiro atoms. The van der Waals surface area contributed by atoms with Crippen LogP contribution >= 0.6 is 0 Å². The molecule has 2 aromatic carbocycles. The number of hydrogen-bond donors (Lipinski definition) is 1. The Bertz CT molecular complexity index is 1320. The number of piperidine rings is 2. The van der Waals surface area contributed by atoms with E-state index in [0.717, 1.165) is 62.1 Å². The van der Waals surface area contributed by atoms with Crippen LogP contribution in [0.4, 0.5) is 0 Å². The third kappa shape index (κ3) is 4.27. The van der Waals surface area contributed by atoms with Crippen LogP contribution in [0.5, 0.6) is 0 Å². The Morgan fingerprint density at radius 3 is 2.43 bits per heavy atom. The van der Waals surface area contributed by atoms with Crippen molar-refractivity contribution in [3.8, 4) is 0 Å². The molecule has 184 valence electrons. The number of fused-ring (bicyclic) bond motifs is 2. The first-order valence-electron chi connectivity index (χ1n) is 12.8. The molecule has 8 heteroatoms. The normalized spacial score (nSPS) is 20.4. The number of para-hydroxylation sites is 2. The fourth-order valence-corrected chi connectivity index (χ4v) is 7.52. The lowest BCUT2D eigenvalue weighted by atomic mass is 9.92. The van der Waals surface area contributed by atoms with Crippen LogP contribution in [-0.4, -0.2) is 59.7 Å². The van der Waals surface area contributed by atoms with Crippen molar-refractivity contribution in [1.82, 2.24) is 19.2 Å². The highest BCUT2D eigenvalue weighted by atomic mass is 32.2. The molecule has 2 fully saturated rings. The summed E-state index contributed by atoms with van der Waals surface area (Å²) in [5.41, 5.74) is 4.49. The van der Waals surface area contributed by atoms with E-state index < -0.39 is 10.0 Å². The maximum atomic E-state index is 13.2. The summed E-state index contributed by atoms with van der Waals surface area (Å²) in [6.45, 7) is 2.28. The minimum absolute atomic E-state index is 0.0933. The SMILES string of the molecule is O=C(C1CCN(S(=O)(=O)c2ccc3c(c2)CCC3)CC1)N1CCC(c2nc3ccccc3[nH]2)CC1. The fourth-order valence-electron chi connectivity index (χ4n) is 6.00. The lowest BCUT2D eigenvalue weighted by Gasteiger charge is -2.36. The lowest BCUT2D eigenvalue weighted by Crippen LogP contribution is -2.46. The molecule has 0 unspecified atom stereocenters. The van der Waals surface area contributed by atoms with Crippen molar-refractivity contribution in [3.05, 3.63) is 59.4 Å². The van der Waals surface area contributed by atoms with Crippen LogP contribution in [0.3, 0.4) is 0 Å². The number of amides is 1. The second-order valence-corrected chi connectivity index (χ2v) is 12.1. The number of hydrogen-bond acceptors (Lipinski definition) is 4. The molecular formula is C27H32N4O3S. The number of carbonyl (C=O) groups excluding carboxylic acids is 1. The van der Waals surface area contributed by atoms with Crippen LogP contribution in [0, 0.1) is 5.92 Å². The molecule has 1 amide bonds. The van der Waals surface area contributed by atoms with Crippen molar-refractivity contribution >= 4 is 27.0 Å². The van der Waals surface area contributed by atoms with Crippen LogP contribution in [-0.2, 0) is 27.7 Å². The second kappa shape index (κ2) is 9.06. The molecule has 3 heterocycles. The largest absolute Gasteiger partial charge is 0.342 e. The van der Waals surface area contributed by atoms with Gasteiger partial charge in [-0.3, -0.25) is 4.79 Å². The van der Waals surface area contributed by atoms with Gasteiger partial charge in [-0.2, -0.15) is 4.31 Å². The summed E-state index contributed by atoms with van der Waals surface area (Å²) >= 11 is 0. The van der Waals surface area contributed by atoms with Crippen LogP contribution in [0.25, 0.3) is 11.0 Å². The fraction of sp³-hybridized carbons (Fsp3) is 0.481. The minimum atomic E-state index is -3.51. The maximum Gasteiger partial charge on any atom is 0.243 e. The van der Waals surface area contributed by atoms with E-state index in [9.17, 15) is 13.2 Å². The van der Waals surface area contributed by atoms with E-state index in [1.165, 1.54) is 11.1 Å². The highest BCUT2D eigenvalue weighted by Gasteiger charge is 2.35. The van der Waals surface area contributed by atoms with Gasteiger partial charge in [0.05, 0.1) is 15.9 Å². The van der Waals surface area contributed by atoms with E-state index in [4.69, 9.17) is 4.98 Å². The number of nitrogens with zero attached hydrogens (tertiary/aromatic N) is 3. The van der Waals surface area contributed by atoms with Gasteiger partial charge in [-0.15, -0.1) is 0 Å². The highest BCUT2D eigenvalue weighted by Crippen LogP contribution is 2.32. The molecule has 6 rings (SSSR count). The van der Waals surface area contributed by atoms with Gasteiger partial charge in [0.2, 0.25) is 15.9 Å². The summed E-state index contributed by atoms with van der Waals surface area (Å²) in [5, 5.41) is 0. The van der Waals surface area contributed by atoms with Gasteiger partial charge in [0.15, 0.2) is 0 Å². The van der Waals surface area contributed by atoms with Gasteiger partial charge < -0.3 is 9.88 Å². The number of benzene rings is 2. The average molecular weight is 493 g/mol. The van der Waals surface area contributed by atoms with Gasteiger partial charge in [-0.25, -0.2) is 13.4 Å². The van der Waals surface area contributed by atoms with Crippen LogP contribution < -0.4 is 0 Å². The molecule has 1 aliphatic carbocycles. The summed E-state index contributed by atoms with van der Waals surface area (Å²) in [5.74, 6) is 1.45. The van der Waals surface area contributed by atoms with E-state index in [1.807, 2.05) is 41.3 Å². The van der Waals surface area contributed by atoms with Crippen molar-refractivity contribution < 1.29 is 13.2 Å². The molecular weight excluding hydrogens is 460 g/mol. The zero-order chi connectivity index (χ0) is 24.0. The van der Waals surface area contributed by atoms with Crippen molar-refractivity contribution in [2.24, 2.45) is 5.92 Å². The molecule has 0 bridgehead atoms. The molecule has 2 saturated heterocycles. The maximum absolute atomic E-state index is 13.2. The van der Waals surface area contributed by atoms with Gasteiger partial charge in [0, 0.05) is 38.0 Å². The van der Waals surface area contributed by atoms with Crippen molar-refractivity contribution in [3.63, 3.8) is 0 Å². The van der Waals surface area contributed by atoms with Crippen LogP contribution in [0.2, 0.25) is 0 Å². The first kappa shape index (κ1) is 22.7. The Morgan fingerprint density at radius 1 is 0.914 bits per heavy atom. The van der Waals surface area contributed by atoms with Crippen molar-refractivity contribution in [1.29, 1.82) is 0 Å². The zero-order valence-corrected chi connectivity index (χ0v) is 20.8. The number of nitrogens with one attached hydrogen (secondary N) is 1. The van der Waals surface area contributed by atoms with E-state index in [2.05, 4.69) is 4.98 Å². The quantitative estimate of drug-likeness (QED) is 0.599. The Balaban J connectivity index is 1.04. The predicted octanol–water partition coefficient (Wildman–Crippen LogP) is 3.86. The van der Waals surface area contributed by atoms with E-state index in [0.29, 0.717) is 36.7 Å². The average Bonchev–Trinajstić information content (AvgIpc) is 3.55. The van der Waals surface area contributed by atoms with Gasteiger partial charge in [0.1, 0.15) is 5.82 Å². The third-order valence-electron chi connectivity index (χ3n) is 8.11. The monoisotopic (exact) mass is 492 g/mol. The summed E-state index contributed by atoms with van der Waals surface area (Å²) in [6, 6.07) is 13.7. The topological polar surface area (TPSA) is 86.4 Å². The Labute approximate surface area is 206 Å². The van der Waals surface area contributed by atoms with Crippen LogP contribution in [0.15, 0.2) is 47.4 Å². The molecule has 0 radical (unpaired) electrons. The molecule has 0 saturated carbocycles. The number of carbonyl (C=O) groups is 1. The zero-order valence-electron chi connectivity index (χ0n) is 19.9. The van der Waals surface area contributed by atoms with Crippen molar-refractivity contribution in [2.45, 2.75) is 55.8 Å². The van der Waals surface area contributed by atoms with Gasteiger partial charge in [-0.05, 0) is 80.3 Å². The van der Waals surface area contributed by atoms with E-state index >= 15 is 0 Å². The molecule has 35 heavy (non-hydrogen) atoms. The Morgan fingerprint density at radius 2 is 1.66 bits per heavy atom. The summed E-state index contributed by atoms with van der Waals surface area (Å²) < 4.78 is 28.0. The number of aryl methyl sites for hydroxylation is 2. The van der Waals surface area contributed by atoms with Crippen LogP contribution in [0.1, 0.15) is 55.0 Å². The van der Waals surface area contributed by atoms with E-state index in [1.54, 1.807) is 10.4 Å². The third-order valence-corrected chi connectivity index (χ3v) is 10.0. The van der Waals surface area contributed by atoms with E-state index in [-0.39, 0.29) is 11.8 Å².